The lowest BCUT2D eigenvalue weighted by Gasteiger charge is -1.99. The van der Waals surface area contributed by atoms with Crippen molar-refractivity contribution in [3.63, 3.8) is 0 Å². The second-order valence-electron chi connectivity index (χ2n) is 2.54. The summed E-state index contributed by atoms with van der Waals surface area (Å²) in [7, 11) is 0. The van der Waals surface area contributed by atoms with Crippen molar-refractivity contribution < 1.29 is 4.92 Å². The maximum atomic E-state index is 10.4. The number of nitro groups is 1. The average Bonchev–Trinajstić information content (AvgIpc) is 2.03. The Hall–Kier alpha value is -1.69. The minimum atomic E-state index is -0.502. The van der Waals surface area contributed by atoms with E-state index in [0.717, 1.165) is 0 Å². The van der Waals surface area contributed by atoms with Crippen molar-refractivity contribution in [2.24, 2.45) is 5.73 Å². The van der Waals surface area contributed by atoms with Crippen LogP contribution >= 0.6 is 0 Å². The van der Waals surface area contributed by atoms with Gasteiger partial charge in [0.05, 0.1) is 16.7 Å². The number of nitrogen functional groups attached to an aromatic ring is 1. The fraction of sp³-hybridized carbons (Fsp3) is 0.286. The lowest BCUT2D eigenvalue weighted by molar-refractivity contribution is -0.384. The summed E-state index contributed by atoms with van der Waals surface area (Å²) in [6, 6.07) is 2.60. The highest BCUT2D eigenvalue weighted by Gasteiger charge is 2.08. The zero-order valence-electron chi connectivity index (χ0n) is 6.93. The van der Waals surface area contributed by atoms with Crippen LogP contribution in [0.4, 0.5) is 11.5 Å². The van der Waals surface area contributed by atoms with Crippen LogP contribution in [0.15, 0.2) is 12.1 Å². The topological polar surface area (TPSA) is 108 Å². The summed E-state index contributed by atoms with van der Waals surface area (Å²) in [5.74, 6) is 0.151. The van der Waals surface area contributed by atoms with Crippen molar-refractivity contribution >= 4 is 11.5 Å². The van der Waals surface area contributed by atoms with Crippen LogP contribution in [-0.4, -0.2) is 16.5 Å². The van der Waals surface area contributed by atoms with E-state index in [0.29, 0.717) is 18.7 Å². The number of nitrogens with zero attached hydrogens (tertiary/aromatic N) is 2. The molecule has 1 heterocycles. The molecule has 0 unspecified atom stereocenters. The molecule has 0 amide bonds. The van der Waals surface area contributed by atoms with Crippen molar-refractivity contribution in [2.75, 3.05) is 12.3 Å². The number of pyridine rings is 1. The Morgan fingerprint density at radius 2 is 2.23 bits per heavy atom. The molecule has 0 aliphatic rings. The summed E-state index contributed by atoms with van der Waals surface area (Å²) in [5.41, 5.74) is 11.2. The predicted molar refractivity (Wildman–Crippen MR) is 48.1 cm³/mol. The molecule has 0 aromatic carbocycles. The Labute approximate surface area is 74.7 Å². The van der Waals surface area contributed by atoms with Gasteiger partial charge in [0.15, 0.2) is 0 Å². The molecule has 6 heteroatoms. The highest BCUT2D eigenvalue weighted by molar-refractivity contribution is 5.43. The number of nitrogens with two attached hydrogens (primary N) is 2. The third-order valence-corrected chi connectivity index (χ3v) is 1.49. The van der Waals surface area contributed by atoms with Crippen LogP contribution in [0.5, 0.6) is 0 Å². The molecule has 0 aliphatic carbocycles. The number of rotatable bonds is 3. The van der Waals surface area contributed by atoms with Gasteiger partial charge in [0.1, 0.15) is 5.82 Å². The van der Waals surface area contributed by atoms with Crippen LogP contribution in [0.1, 0.15) is 5.69 Å². The first-order valence-corrected chi connectivity index (χ1v) is 3.74. The van der Waals surface area contributed by atoms with E-state index in [9.17, 15) is 10.1 Å². The van der Waals surface area contributed by atoms with Gasteiger partial charge in [-0.25, -0.2) is 4.98 Å². The smallest absolute Gasteiger partial charge is 0.274 e. The summed E-state index contributed by atoms with van der Waals surface area (Å²) in [6.07, 6.45) is 0.492. The minimum Gasteiger partial charge on any atom is -0.383 e. The minimum absolute atomic E-state index is 0.0454. The summed E-state index contributed by atoms with van der Waals surface area (Å²) in [4.78, 5) is 13.8. The number of anilines is 1. The Balaban J connectivity index is 3.03. The molecule has 70 valence electrons. The van der Waals surface area contributed by atoms with Gasteiger partial charge in [0.25, 0.3) is 5.69 Å². The van der Waals surface area contributed by atoms with E-state index in [1.165, 1.54) is 12.1 Å². The predicted octanol–water partition coefficient (Wildman–Crippen LogP) is 0.0732. The maximum Gasteiger partial charge on any atom is 0.274 e. The highest BCUT2D eigenvalue weighted by atomic mass is 16.6. The monoisotopic (exact) mass is 182 g/mol. The molecule has 1 aromatic rings. The fourth-order valence-electron chi connectivity index (χ4n) is 0.976. The summed E-state index contributed by atoms with van der Waals surface area (Å²) >= 11 is 0. The molecule has 6 nitrogen and oxygen atoms in total. The third-order valence-electron chi connectivity index (χ3n) is 1.49. The second-order valence-corrected chi connectivity index (χ2v) is 2.54. The average molecular weight is 182 g/mol. The van der Waals surface area contributed by atoms with E-state index in [-0.39, 0.29) is 11.5 Å². The highest BCUT2D eigenvalue weighted by Crippen LogP contribution is 2.15. The lowest BCUT2D eigenvalue weighted by atomic mass is 10.2. The van der Waals surface area contributed by atoms with E-state index in [1.54, 1.807) is 0 Å². The number of hydrogen-bond acceptors (Lipinski definition) is 5. The molecule has 1 rings (SSSR count). The summed E-state index contributed by atoms with van der Waals surface area (Å²) < 4.78 is 0. The molecule has 0 radical (unpaired) electrons. The van der Waals surface area contributed by atoms with Crippen molar-refractivity contribution in [1.82, 2.24) is 4.98 Å². The molecule has 0 aliphatic heterocycles. The Morgan fingerprint density at radius 1 is 1.54 bits per heavy atom. The Morgan fingerprint density at radius 3 is 2.77 bits per heavy atom. The van der Waals surface area contributed by atoms with Crippen molar-refractivity contribution in [3.05, 3.63) is 27.9 Å². The van der Waals surface area contributed by atoms with Crippen LogP contribution in [0.3, 0.4) is 0 Å². The molecule has 0 saturated heterocycles. The van der Waals surface area contributed by atoms with Gasteiger partial charge in [0.2, 0.25) is 0 Å². The zero-order valence-corrected chi connectivity index (χ0v) is 6.93. The first kappa shape index (κ1) is 9.40. The van der Waals surface area contributed by atoms with Gasteiger partial charge < -0.3 is 11.5 Å². The van der Waals surface area contributed by atoms with Crippen molar-refractivity contribution in [2.45, 2.75) is 6.42 Å². The zero-order chi connectivity index (χ0) is 9.84. The van der Waals surface area contributed by atoms with Gasteiger partial charge in [-0.05, 0) is 6.54 Å². The SMILES string of the molecule is NCCc1cc([N+](=O)[O-])cc(N)n1. The molecule has 4 N–H and O–H groups in total. The van der Waals surface area contributed by atoms with Crippen LogP contribution in [-0.2, 0) is 6.42 Å². The van der Waals surface area contributed by atoms with Gasteiger partial charge in [-0.2, -0.15) is 0 Å². The molecule has 13 heavy (non-hydrogen) atoms. The normalized spacial score (nSPS) is 9.92. The quantitative estimate of drug-likeness (QED) is 0.508. The van der Waals surface area contributed by atoms with E-state index < -0.39 is 4.92 Å². The van der Waals surface area contributed by atoms with Crippen molar-refractivity contribution in [1.29, 1.82) is 0 Å². The standard InChI is InChI=1S/C7H10N4O2/c8-2-1-5-3-6(11(12)13)4-7(9)10-5/h3-4H,1-2,8H2,(H2,9,10). The van der Waals surface area contributed by atoms with Crippen LogP contribution < -0.4 is 11.5 Å². The molecular formula is C7H10N4O2. The van der Waals surface area contributed by atoms with Gasteiger partial charge >= 0.3 is 0 Å². The molecule has 0 spiro atoms. The van der Waals surface area contributed by atoms with Gasteiger partial charge in [-0.15, -0.1) is 0 Å². The second kappa shape index (κ2) is 3.81. The first-order valence-electron chi connectivity index (χ1n) is 3.74. The Bertz CT molecular complexity index is 326. The van der Waals surface area contributed by atoms with Crippen molar-refractivity contribution in [3.8, 4) is 0 Å². The molecule has 0 fully saturated rings. The van der Waals surface area contributed by atoms with Gasteiger partial charge in [-0.1, -0.05) is 0 Å². The molecule has 0 bridgehead atoms. The maximum absolute atomic E-state index is 10.4. The van der Waals surface area contributed by atoms with Crippen LogP contribution in [0.25, 0.3) is 0 Å². The van der Waals surface area contributed by atoms with Crippen LogP contribution in [0.2, 0.25) is 0 Å². The van der Waals surface area contributed by atoms with Crippen LogP contribution in [0, 0.1) is 10.1 Å². The summed E-state index contributed by atoms with van der Waals surface area (Å²) in [6.45, 7) is 0.396. The molecule has 0 atom stereocenters. The van der Waals surface area contributed by atoms with E-state index in [1.807, 2.05) is 0 Å². The van der Waals surface area contributed by atoms with E-state index >= 15 is 0 Å². The van der Waals surface area contributed by atoms with Gasteiger partial charge in [0, 0.05) is 12.5 Å². The number of hydrogen-bond donors (Lipinski definition) is 2. The fourth-order valence-corrected chi connectivity index (χ4v) is 0.976. The van der Waals surface area contributed by atoms with E-state index in [2.05, 4.69) is 4.98 Å². The van der Waals surface area contributed by atoms with Gasteiger partial charge in [-0.3, -0.25) is 10.1 Å². The third kappa shape index (κ3) is 2.38. The summed E-state index contributed by atoms with van der Waals surface area (Å²) in [5, 5.41) is 10.4. The molecule has 0 saturated carbocycles. The first-order chi connectivity index (χ1) is 6.13. The molecular weight excluding hydrogens is 172 g/mol. The lowest BCUT2D eigenvalue weighted by Crippen LogP contribution is -2.06. The van der Waals surface area contributed by atoms with E-state index in [4.69, 9.17) is 11.5 Å². The molecule has 1 aromatic heterocycles. The largest absolute Gasteiger partial charge is 0.383 e. The Kier molecular flexibility index (Phi) is 2.76. The number of aromatic nitrogens is 1.